The van der Waals surface area contributed by atoms with Gasteiger partial charge in [-0.05, 0) is 23.8 Å². The van der Waals surface area contributed by atoms with Crippen molar-refractivity contribution in [2.75, 3.05) is 0 Å². The van der Waals surface area contributed by atoms with Gasteiger partial charge in [0, 0.05) is 30.2 Å². The van der Waals surface area contributed by atoms with Gasteiger partial charge in [0.05, 0.1) is 12.9 Å². The van der Waals surface area contributed by atoms with Crippen molar-refractivity contribution < 1.29 is 0 Å². The molecule has 5 heteroatoms. The fraction of sp³-hybridized carbons (Fsp3) is 0.0625. The van der Waals surface area contributed by atoms with E-state index in [2.05, 4.69) is 4.98 Å². The Morgan fingerprint density at radius 1 is 0.905 bits per heavy atom. The third-order valence-electron chi connectivity index (χ3n) is 3.18. The topological polar surface area (TPSA) is 56.9 Å². The molecule has 0 saturated heterocycles. The van der Waals surface area contributed by atoms with Crippen LogP contribution in [-0.2, 0) is 6.54 Å². The van der Waals surface area contributed by atoms with Crippen molar-refractivity contribution >= 4 is 0 Å². The van der Waals surface area contributed by atoms with E-state index in [-0.39, 0.29) is 11.1 Å². The SMILES string of the molecule is O=c1ccncn1Cc1ccc(-n2ccccc2=O)cc1. The predicted octanol–water partition coefficient (Wildman–Crippen LogP) is 1.44. The Balaban J connectivity index is 1.89. The largest absolute Gasteiger partial charge is 0.295 e. The molecular weight excluding hydrogens is 266 g/mol. The Morgan fingerprint density at radius 2 is 1.71 bits per heavy atom. The molecule has 0 N–H and O–H groups in total. The molecule has 0 aliphatic rings. The first kappa shape index (κ1) is 13.1. The summed E-state index contributed by atoms with van der Waals surface area (Å²) < 4.78 is 3.10. The number of pyridine rings is 1. The molecule has 3 aromatic rings. The number of nitrogens with zero attached hydrogens (tertiary/aromatic N) is 3. The molecule has 1 aromatic carbocycles. The molecule has 0 radical (unpaired) electrons. The van der Waals surface area contributed by atoms with E-state index in [4.69, 9.17) is 0 Å². The van der Waals surface area contributed by atoms with Crippen LogP contribution >= 0.6 is 0 Å². The first-order chi connectivity index (χ1) is 10.2. The second-order valence-electron chi connectivity index (χ2n) is 4.62. The van der Waals surface area contributed by atoms with Crippen LogP contribution in [0.15, 0.2) is 76.8 Å². The minimum Gasteiger partial charge on any atom is -0.295 e. The fourth-order valence-corrected chi connectivity index (χ4v) is 2.10. The lowest BCUT2D eigenvalue weighted by Crippen LogP contribution is -2.19. The molecule has 0 unspecified atom stereocenters. The number of benzene rings is 1. The van der Waals surface area contributed by atoms with Gasteiger partial charge in [0.1, 0.15) is 0 Å². The smallest absolute Gasteiger partial charge is 0.255 e. The Morgan fingerprint density at radius 3 is 2.43 bits per heavy atom. The van der Waals surface area contributed by atoms with Crippen molar-refractivity contribution in [2.45, 2.75) is 6.54 Å². The van der Waals surface area contributed by atoms with Gasteiger partial charge in [-0.1, -0.05) is 18.2 Å². The number of aromatic nitrogens is 3. The summed E-state index contributed by atoms with van der Waals surface area (Å²) in [5.41, 5.74) is 1.60. The van der Waals surface area contributed by atoms with Crippen LogP contribution in [0.25, 0.3) is 5.69 Å². The van der Waals surface area contributed by atoms with Gasteiger partial charge in [-0.3, -0.25) is 18.7 Å². The molecule has 2 heterocycles. The Bertz CT molecular complexity index is 863. The molecule has 0 aliphatic heterocycles. The minimum atomic E-state index is -0.0895. The highest BCUT2D eigenvalue weighted by atomic mass is 16.1. The zero-order valence-electron chi connectivity index (χ0n) is 11.2. The predicted molar refractivity (Wildman–Crippen MR) is 79.6 cm³/mol. The van der Waals surface area contributed by atoms with E-state index in [9.17, 15) is 9.59 Å². The summed E-state index contributed by atoms with van der Waals surface area (Å²) in [5.74, 6) is 0. The summed E-state index contributed by atoms with van der Waals surface area (Å²) in [6.07, 6.45) is 4.71. The van der Waals surface area contributed by atoms with Crippen LogP contribution in [0.2, 0.25) is 0 Å². The van der Waals surface area contributed by atoms with Crippen LogP contribution in [0.3, 0.4) is 0 Å². The Labute approximate surface area is 120 Å². The highest BCUT2D eigenvalue weighted by Gasteiger charge is 2.00. The average molecular weight is 279 g/mol. The molecule has 0 atom stereocenters. The van der Waals surface area contributed by atoms with Crippen molar-refractivity contribution in [1.82, 2.24) is 14.1 Å². The van der Waals surface area contributed by atoms with Crippen LogP contribution in [0, 0.1) is 0 Å². The van der Waals surface area contributed by atoms with Gasteiger partial charge in [0.15, 0.2) is 0 Å². The second kappa shape index (κ2) is 5.58. The van der Waals surface area contributed by atoms with Crippen LogP contribution in [0.1, 0.15) is 5.56 Å². The van der Waals surface area contributed by atoms with E-state index >= 15 is 0 Å². The molecule has 0 fully saturated rings. The highest BCUT2D eigenvalue weighted by Crippen LogP contribution is 2.08. The van der Waals surface area contributed by atoms with E-state index in [1.54, 1.807) is 16.8 Å². The molecule has 21 heavy (non-hydrogen) atoms. The monoisotopic (exact) mass is 279 g/mol. The molecular formula is C16H13N3O2. The third kappa shape index (κ3) is 2.81. The minimum absolute atomic E-state index is 0.0753. The molecule has 0 saturated carbocycles. The molecule has 104 valence electrons. The maximum atomic E-state index is 11.7. The molecule has 0 bridgehead atoms. The molecule has 5 nitrogen and oxygen atoms in total. The van der Waals surface area contributed by atoms with Crippen LogP contribution in [0.5, 0.6) is 0 Å². The van der Waals surface area contributed by atoms with E-state index in [0.29, 0.717) is 6.54 Å². The van der Waals surface area contributed by atoms with E-state index < -0.39 is 0 Å². The molecule has 0 amide bonds. The second-order valence-corrected chi connectivity index (χ2v) is 4.62. The summed E-state index contributed by atoms with van der Waals surface area (Å²) in [6, 6.07) is 14.0. The maximum Gasteiger partial charge on any atom is 0.255 e. The number of hydrogen-bond acceptors (Lipinski definition) is 3. The van der Waals surface area contributed by atoms with Gasteiger partial charge in [0.2, 0.25) is 0 Å². The van der Waals surface area contributed by atoms with Crippen molar-refractivity contribution in [1.29, 1.82) is 0 Å². The van der Waals surface area contributed by atoms with Crippen LogP contribution in [0.4, 0.5) is 0 Å². The average Bonchev–Trinajstić information content (AvgIpc) is 2.51. The molecule has 0 spiro atoms. The highest BCUT2D eigenvalue weighted by molar-refractivity contribution is 5.35. The summed E-state index contributed by atoms with van der Waals surface area (Å²) in [5, 5.41) is 0. The molecule has 2 aromatic heterocycles. The van der Waals surface area contributed by atoms with Crippen LogP contribution in [-0.4, -0.2) is 14.1 Å². The van der Waals surface area contributed by atoms with E-state index in [0.717, 1.165) is 11.3 Å². The fourth-order valence-electron chi connectivity index (χ4n) is 2.10. The van der Waals surface area contributed by atoms with Crippen molar-refractivity contribution in [3.63, 3.8) is 0 Å². The Hall–Kier alpha value is -2.95. The standard InChI is InChI=1S/C16H13N3O2/c20-15-8-9-17-12-18(15)11-13-4-6-14(7-5-13)19-10-2-1-3-16(19)21/h1-10,12H,11H2. The maximum absolute atomic E-state index is 11.7. The van der Waals surface area contributed by atoms with Crippen molar-refractivity contribution in [3.05, 3.63) is 93.5 Å². The third-order valence-corrected chi connectivity index (χ3v) is 3.18. The Kier molecular flexibility index (Phi) is 3.47. The van der Waals surface area contributed by atoms with Crippen molar-refractivity contribution in [3.8, 4) is 5.69 Å². The van der Waals surface area contributed by atoms with Crippen LogP contribution < -0.4 is 11.1 Å². The van der Waals surface area contributed by atoms with E-state index in [1.165, 1.54) is 29.2 Å². The lowest BCUT2D eigenvalue weighted by Gasteiger charge is -2.07. The van der Waals surface area contributed by atoms with Gasteiger partial charge >= 0.3 is 0 Å². The summed E-state index contributed by atoms with van der Waals surface area (Å²) >= 11 is 0. The lowest BCUT2D eigenvalue weighted by molar-refractivity contribution is 0.735. The van der Waals surface area contributed by atoms with E-state index in [1.807, 2.05) is 30.3 Å². The normalized spacial score (nSPS) is 10.5. The summed E-state index contributed by atoms with van der Waals surface area (Å²) in [6.45, 7) is 0.455. The molecule has 3 rings (SSSR count). The first-order valence-corrected chi connectivity index (χ1v) is 6.51. The zero-order valence-corrected chi connectivity index (χ0v) is 11.2. The number of rotatable bonds is 3. The number of hydrogen-bond donors (Lipinski definition) is 0. The molecule has 0 aliphatic carbocycles. The first-order valence-electron chi connectivity index (χ1n) is 6.51. The van der Waals surface area contributed by atoms with Gasteiger partial charge in [0.25, 0.3) is 11.1 Å². The zero-order chi connectivity index (χ0) is 14.7. The lowest BCUT2D eigenvalue weighted by atomic mass is 10.2. The van der Waals surface area contributed by atoms with Gasteiger partial charge in [-0.15, -0.1) is 0 Å². The summed E-state index contributed by atoms with van der Waals surface area (Å²) in [7, 11) is 0. The summed E-state index contributed by atoms with van der Waals surface area (Å²) in [4.78, 5) is 27.3. The van der Waals surface area contributed by atoms with Gasteiger partial charge in [-0.2, -0.15) is 0 Å². The van der Waals surface area contributed by atoms with Gasteiger partial charge < -0.3 is 0 Å². The van der Waals surface area contributed by atoms with Crippen molar-refractivity contribution in [2.24, 2.45) is 0 Å². The van der Waals surface area contributed by atoms with Gasteiger partial charge in [-0.25, -0.2) is 4.98 Å². The quantitative estimate of drug-likeness (QED) is 0.729.